The number of hydrogen-bond donors (Lipinski definition) is 1. The normalized spacial score (nSPS) is 10.9. The van der Waals surface area contributed by atoms with Crippen LogP contribution >= 0.6 is 12.2 Å². The Morgan fingerprint density at radius 1 is 1.32 bits per heavy atom. The minimum Gasteiger partial charge on any atom is -0.389 e. The summed E-state index contributed by atoms with van der Waals surface area (Å²) >= 11 is 4.92. The van der Waals surface area contributed by atoms with Crippen molar-refractivity contribution in [2.24, 2.45) is 11.7 Å². The van der Waals surface area contributed by atoms with Crippen LogP contribution in [-0.4, -0.2) is 24.8 Å². The van der Waals surface area contributed by atoms with Gasteiger partial charge in [-0.2, -0.15) is 0 Å². The smallest absolute Gasteiger partial charge is 0.123 e. The molecule has 0 spiro atoms. The summed E-state index contributed by atoms with van der Waals surface area (Å²) in [5, 5.41) is 0. The molecule has 0 aliphatic rings. The summed E-state index contributed by atoms with van der Waals surface area (Å²) in [6.07, 6.45) is 0. The second-order valence-corrected chi connectivity index (χ2v) is 5.13. The second kappa shape index (κ2) is 8.19. The molecule has 5 heteroatoms. The average Bonchev–Trinajstić information content (AvgIpc) is 2.33. The van der Waals surface area contributed by atoms with Crippen molar-refractivity contribution in [2.75, 3.05) is 19.8 Å². The molecule has 19 heavy (non-hydrogen) atoms. The predicted octanol–water partition coefficient (Wildman–Crippen LogP) is 2.65. The Hall–Kier alpha value is -1.04. The molecule has 0 heterocycles. The minimum atomic E-state index is -0.324. The van der Waals surface area contributed by atoms with Crippen molar-refractivity contribution in [3.63, 3.8) is 0 Å². The third-order valence-electron chi connectivity index (χ3n) is 2.41. The highest BCUT2D eigenvalue weighted by molar-refractivity contribution is 7.80. The summed E-state index contributed by atoms with van der Waals surface area (Å²) in [6, 6.07) is 4.30. The fourth-order valence-corrected chi connectivity index (χ4v) is 1.74. The van der Waals surface area contributed by atoms with Gasteiger partial charge in [0.25, 0.3) is 0 Å². The number of rotatable bonds is 8. The Morgan fingerprint density at radius 2 is 2.00 bits per heavy atom. The van der Waals surface area contributed by atoms with Crippen LogP contribution in [0.4, 0.5) is 4.39 Å². The minimum absolute atomic E-state index is 0.245. The number of nitrogens with two attached hydrogens (primary N) is 1. The van der Waals surface area contributed by atoms with E-state index in [0.717, 1.165) is 0 Å². The first kappa shape index (κ1) is 16.0. The van der Waals surface area contributed by atoms with Gasteiger partial charge in [0.2, 0.25) is 0 Å². The van der Waals surface area contributed by atoms with E-state index in [0.29, 0.717) is 36.9 Å². The first-order valence-electron chi connectivity index (χ1n) is 6.24. The van der Waals surface area contributed by atoms with Gasteiger partial charge in [-0.3, -0.25) is 0 Å². The summed E-state index contributed by atoms with van der Waals surface area (Å²) in [7, 11) is 0. The van der Waals surface area contributed by atoms with Crippen molar-refractivity contribution >= 4 is 17.2 Å². The molecule has 106 valence electrons. The van der Waals surface area contributed by atoms with Crippen LogP contribution in [0.5, 0.6) is 0 Å². The van der Waals surface area contributed by atoms with E-state index in [4.69, 9.17) is 27.4 Å². The molecule has 1 rings (SSSR count). The van der Waals surface area contributed by atoms with E-state index in [1.165, 1.54) is 12.1 Å². The van der Waals surface area contributed by atoms with E-state index in [1.807, 2.05) is 0 Å². The van der Waals surface area contributed by atoms with Gasteiger partial charge in [-0.15, -0.1) is 0 Å². The molecule has 0 fully saturated rings. The molecular weight excluding hydrogens is 265 g/mol. The summed E-state index contributed by atoms with van der Waals surface area (Å²) < 4.78 is 24.0. The number of hydrogen-bond acceptors (Lipinski definition) is 3. The first-order valence-corrected chi connectivity index (χ1v) is 6.65. The highest BCUT2D eigenvalue weighted by Gasteiger charge is 2.07. The van der Waals surface area contributed by atoms with Gasteiger partial charge in [-0.25, -0.2) is 4.39 Å². The van der Waals surface area contributed by atoms with Crippen LogP contribution in [0.2, 0.25) is 0 Å². The molecule has 0 saturated carbocycles. The molecule has 1 aromatic rings. The number of ether oxygens (including phenoxy) is 2. The molecule has 0 amide bonds. The van der Waals surface area contributed by atoms with Gasteiger partial charge < -0.3 is 15.2 Å². The lowest BCUT2D eigenvalue weighted by atomic mass is 10.1. The topological polar surface area (TPSA) is 44.5 Å². The Bertz CT molecular complexity index is 424. The zero-order valence-corrected chi connectivity index (χ0v) is 12.1. The van der Waals surface area contributed by atoms with E-state index in [1.54, 1.807) is 6.07 Å². The van der Waals surface area contributed by atoms with E-state index >= 15 is 0 Å². The van der Waals surface area contributed by atoms with Crippen LogP contribution in [-0.2, 0) is 16.1 Å². The predicted molar refractivity (Wildman–Crippen MR) is 77.6 cm³/mol. The summed E-state index contributed by atoms with van der Waals surface area (Å²) in [6.45, 7) is 6.14. The summed E-state index contributed by atoms with van der Waals surface area (Å²) in [5.41, 5.74) is 6.89. The highest BCUT2D eigenvalue weighted by Crippen LogP contribution is 2.12. The van der Waals surface area contributed by atoms with E-state index in [9.17, 15) is 4.39 Å². The zero-order valence-electron chi connectivity index (χ0n) is 11.3. The molecule has 1 aromatic carbocycles. The maximum absolute atomic E-state index is 13.2. The average molecular weight is 285 g/mol. The molecule has 0 bridgehead atoms. The Balaban J connectivity index is 2.40. The second-order valence-electron chi connectivity index (χ2n) is 4.69. The third-order valence-corrected chi connectivity index (χ3v) is 2.63. The Kier molecular flexibility index (Phi) is 6.91. The summed E-state index contributed by atoms with van der Waals surface area (Å²) in [4.78, 5) is 0.245. The number of thiocarbonyl (C=S) groups is 1. The van der Waals surface area contributed by atoms with Crippen molar-refractivity contribution < 1.29 is 13.9 Å². The Labute approximate surface area is 118 Å². The number of halogens is 1. The quantitative estimate of drug-likeness (QED) is 0.589. The molecule has 0 aliphatic carbocycles. The van der Waals surface area contributed by atoms with Gasteiger partial charge in [-0.05, 0) is 29.7 Å². The van der Waals surface area contributed by atoms with Gasteiger partial charge in [0, 0.05) is 12.2 Å². The van der Waals surface area contributed by atoms with Crippen LogP contribution in [0.1, 0.15) is 25.0 Å². The van der Waals surface area contributed by atoms with E-state index < -0.39 is 0 Å². The molecule has 0 radical (unpaired) electrons. The van der Waals surface area contributed by atoms with Crippen LogP contribution in [0.25, 0.3) is 0 Å². The highest BCUT2D eigenvalue weighted by atomic mass is 32.1. The van der Waals surface area contributed by atoms with Crippen molar-refractivity contribution in [3.8, 4) is 0 Å². The summed E-state index contributed by atoms with van der Waals surface area (Å²) in [5.74, 6) is 0.180. The van der Waals surface area contributed by atoms with Crippen LogP contribution in [0.3, 0.4) is 0 Å². The van der Waals surface area contributed by atoms with Crippen LogP contribution < -0.4 is 5.73 Å². The maximum Gasteiger partial charge on any atom is 0.123 e. The first-order chi connectivity index (χ1) is 9.00. The van der Waals surface area contributed by atoms with E-state index in [-0.39, 0.29) is 17.4 Å². The van der Waals surface area contributed by atoms with E-state index in [2.05, 4.69) is 13.8 Å². The zero-order chi connectivity index (χ0) is 14.3. The van der Waals surface area contributed by atoms with Crippen LogP contribution in [0.15, 0.2) is 18.2 Å². The van der Waals surface area contributed by atoms with Gasteiger partial charge >= 0.3 is 0 Å². The molecule has 3 nitrogen and oxygen atoms in total. The van der Waals surface area contributed by atoms with Crippen LogP contribution in [0, 0.1) is 11.7 Å². The maximum atomic E-state index is 13.2. The third kappa shape index (κ3) is 6.09. The van der Waals surface area contributed by atoms with Gasteiger partial charge in [0.1, 0.15) is 10.8 Å². The number of benzene rings is 1. The molecule has 0 aliphatic heterocycles. The molecule has 2 N–H and O–H groups in total. The Morgan fingerprint density at radius 3 is 2.63 bits per heavy atom. The molecular formula is C14H20FNO2S. The molecule has 0 atom stereocenters. The van der Waals surface area contributed by atoms with Crippen molar-refractivity contribution in [3.05, 3.63) is 35.1 Å². The lowest BCUT2D eigenvalue weighted by Gasteiger charge is -2.10. The standard InChI is InChI=1S/C14H20FNO2S/c1-10(2)8-17-5-6-18-9-11-7-12(15)3-4-13(11)14(16)19/h3-4,7,10H,5-6,8-9H2,1-2H3,(H2,16,19). The van der Waals surface area contributed by atoms with Gasteiger partial charge in [0.05, 0.1) is 19.8 Å². The monoisotopic (exact) mass is 285 g/mol. The van der Waals surface area contributed by atoms with Crippen molar-refractivity contribution in [1.82, 2.24) is 0 Å². The van der Waals surface area contributed by atoms with Gasteiger partial charge in [-0.1, -0.05) is 26.1 Å². The molecule has 0 aromatic heterocycles. The lowest BCUT2D eigenvalue weighted by molar-refractivity contribution is 0.0313. The fourth-order valence-electron chi connectivity index (χ4n) is 1.54. The largest absolute Gasteiger partial charge is 0.389 e. The fraction of sp³-hybridized carbons (Fsp3) is 0.500. The van der Waals surface area contributed by atoms with Crippen molar-refractivity contribution in [1.29, 1.82) is 0 Å². The van der Waals surface area contributed by atoms with Crippen molar-refractivity contribution in [2.45, 2.75) is 20.5 Å². The van der Waals surface area contributed by atoms with Gasteiger partial charge in [0.15, 0.2) is 0 Å². The molecule has 0 saturated heterocycles. The SMILES string of the molecule is CC(C)COCCOCc1cc(F)ccc1C(N)=S. The molecule has 0 unspecified atom stereocenters. The lowest BCUT2D eigenvalue weighted by Crippen LogP contribution is -2.14.